The number of benzene rings is 1. The van der Waals surface area contributed by atoms with Gasteiger partial charge in [0.05, 0.1) is 11.4 Å². The van der Waals surface area contributed by atoms with Gasteiger partial charge in [0.15, 0.2) is 0 Å². The number of rotatable bonds is 10. The summed E-state index contributed by atoms with van der Waals surface area (Å²) in [5, 5.41) is 9.20. The van der Waals surface area contributed by atoms with Crippen LogP contribution in [0, 0.1) is 5.92 Å². The summed E-state index contributed by atoms with van der Waals surface area (Å²) in [6.45, 7) is 9.04. The number of carbonyl (C=O) groups is 2. The van der Waals surface area contributed by atoms with Gasteiger partial charge in [0.2, 0.25) is 5.91 Å². The van der Waals surface area contributed by atoms with E-state index in [0.29, 0.717) is 17.8 Å². The summed E-state index contributed by atoms with van der Waals surface area (Å²) in [5.74, 6) is 0.105. The van der Waals surface area contributed by atoms with Crippen LogP contribution in [0.4, 0.5) is 11.4 Å². The highest BCUT2D eigenvalue weighted by atomic mass is 16.2. The average molecular weight is 375 g/mol. The molecule has 0 aliphatic carbocycles. The van der Waals surface area contributed by atoms with E-state index in [0.717, 1.165) is 31.6 Å². The fourth-order valence-electron chi connectivity index (χ4n) is 3.19. The fourth-order valence-corrected chi connectivity index (χ4v) is 3.19. The smallest absolute Gasteiger partial charge is 0.251 e. The molecular formula is C21H34N4O2. The summed E-state index contributed by atoms with van der Waals surface area (Å²) in [6.07, 6.45) is 4.25. The van der Waals surface area contributed by atoms with Gasteiger partial charge in [-0.3, -0.25) is 9.59 Å². The highest BCUT2D eigenvalue weighted by molar-refractivity contribution is 6.05. The van der Waals surface area contributed by atoms with Crippen LogP contribution in [0.5, 0.6) is 0 Å². The monoisotopic (exact) mass is 374 g/mol. The molecule has 0 aromatic heterocycles. The van der Waals surface area contributed by atoms with Gasteiger partial charge in [0.1, 0.15) is 6.04 Å². The molecule has 6 heteroatoms. The number of nitrogens with one attached hydrogen (secondary N) is 3. The molecule has 6 nitrogen and oxygen atoms in total. The van der Waals surface area contributed by atoms with Crippen LogP contribution in [0.2, 0.25) is 0 Å². The van der Waals surface area contributed by atoms with Gasteiger partial charge in [-0.15, -0.1) is 0 Å². The van der Waals surface area contributed by atoms with Crippen molar-refractivity contribution < 1.29 is 9.59 Å². The first-order valence-electron chi connectivity index (χ1n) is 10.1. The number of amides is 2. The molecule has 3 N–H and O–H groups in total. The Labute approximate surface area is 163 Å². The number of unbranched alkanes of at least 4 members (excludes halogenated alkanes) is 1. The van der Waals surface area contributed by atoms with E-state index in [-0.39, 0.29) is 23.8 Å². The van der Waals surface area contributed by atoms with Crippen LogP contribution in [0.3, 0.4) is 0 Å². The van der Waals surface area contributed by atoms with Crippen molar-refractivity contribution >= 4 is 23.2 Å². The molecule has 0 saturated heterocycles. The predicted octanol–water partition coefficient (Wildman–Crippen LogP) is 3.32. The predicted molar refractivity (Wildman–Crippen MR) is 111 cm³/mol. The second kappa shape index (κ2) is 10.3. The van der Waals surface area contributed by atoms with E-state index in [1.807, 2.05) is 6.07 Å². The van der Waals surface area contributed by atoms with Gasteiger partial charge in [0.25, 0.3) is 5.91 Å². The average Bonchev–Trinajstić information content (AvgIpc) is 2.67. The number of anilines is 2. The summed E-state index contributed by atoms with van der Waals surface area (Å²) < 4.78 is 0. The zero-order valence-corrected chi connectivity index (χ0v) is 17.1. The van der Waals surface area contributed by atoms with E-state index in [1.54, 1.807) is 12.1 Å². The molecule has 0 fully saturated rings. The summed E-state index contributed by atoms with van der Waals surface area (Å²) in [6, 6.07) is 5.19. The summed E-state index contributed by atoms with van der Waals surface area (Å²) in [7, 11) is 2.11. The zero-order chi connectivity index (χ0) is 19.8. The Bertz CT molecular complexity index is 647. The molecule has 0 bridgehead atoms. The van der Waals surface area contributed by atoms with Crippen molar-refractivity contribution in [2.75, 3.05) is 37.3 Å². The fraction of sp³-hybridized carbons (Fsp3) is 0.619. The first-order valence-corrected chi connectivity index (χ1v) is 10.1. The minimum Gasteiger partial charge on any atom is -0.372 e. The molecule has 2 rings (SSSR count). The Morgan fingerprint density at radius 3 is 2.67 bits per heavy atom. The molecule has 1 heterocycles. The molecule has 1 aromatic rings. The molecule has 0 saturated carbocycles. The van der Waals surface area contributed by atoms with Gasteiger partial charge in [-0.1, -0.05) is 33.6 Å². The van der Waals surface area contributed by atoms with E-state index in [2.05, 4.69) is 48.7 Å². The molecule has 2 amide bonds. The Morgan fingerprint density at radius 2 is 1.96 bits per heavy atom. The summed E-state index contributed by atoms with van der Waals surface area (Å²) in [4.78, 5) is 27.0. The molecule has 1 aliphatic rings. The zero-order valence-electron chi connectivity index (χ0n) is 17.1. The molecule has 0 radical (unpaired) electrons. The van der Waals surface area contributed by atoms with Gasteiger partial charge in [-0.25, -0.2) is 0 Å². The van der Waals surface area contributed by atoms with E-state index in [9.17, 15) is 9.59 Å². The largest absolute Gasteiger partial charge is 0.372 e. The third-order valence-corrected chi connectivity index (χ3v) is 5.24. The van der Waals surface area contributed by atoms with Gasteiger partial charge in [0, 0.05) is 12.1 Å². The van der Waals surface area contributed by atoms with E-state index < -0.39 is 0 Å². The quantitative estimate of drug-likeness (QED) is 0.549. The highest BCUT2D eigenvalue weighted by Gasteiger charge is 2.29. The van der Waals surface area contributed by atoms with Crippen LogP contribution in [0.1, 0.15) is 56.8 Å². The van der Waals surface area contributed by atoms with Crippen molar-refractivity contribution in [1.82, 2.24) is 10.2 Å². The number of hydrogen-bond donors (Lipinski definition) is 3. The topological polar surface area (TPSA) is 73.5 Å². The lowest BCUT2D eigenvalue weighted by atomic mass is 9.95. The normalized spacial score (nSPS) is 17.1. The number of hydrogen-bond acceptors (Lipinski definition) is 4. The number of fused-ring (bicyclic) bond motifs is 1. The molecule has 150 valence electrons. The first kappa shape index (κ1) is 21.2. The van der Waals surface area contributed by atoms with Crippen LogP contribution in [-0.4, -0.2) is 49.4 Å². The maximum absolute atomic E-state index is 12.4. The van der Waals surface area contributed by atoms with Gasteiger partial charge < -0.3 is 20.9 Å². The van der Waals surface area contributed by atoms with Gasteiger partial charge in [-0.05, 0) is 57.1 Å². The van der Waals surface area contributed by atoms with Crippen LogP contribution in [0.25, 0.3) is 0 Å². The van der Waals surface area contributed by atoms with Crippen LogP contribution in [-0.2, 0) is 4.79 Å². The van der Waals surface area contributed by atoms with Crippen molar-refractivity contribution in [3.05, 3.63) is 23.8 Å². The van der Waals surface area contributed by atoms with Crippen LogP contribution in [0.15, 0.2) is 18.2 Å². The highest BCUT2D eigenvalue weighted by Crippen LogP contribution is 2.30. The molecule has 0 unspecified atom stereocenters. The Kier molecular flexibility index (Phi) is 8.10. The Morgan fingerprint density at radius 1 is 1.22 bits per heavy atom. The summed E-state index contributed by atoms with van der Waals surface area (Å²) in [5.41, 5.74) is 2.11. The van der Waals surface area contributed by atoms with Gasteiger partial charge >= 0.3 is 0 Å². The standard InChI is InChI=1S/C21H34N4O2/c1-5-7-12-25(4)13-8-11-22-20(26)16-9-10-17-18(14-16)24-21(27)19(23-17)15(3)6-2/h9-10,14-15,19,23H,5-8,11-13H2,1-4H3,(H,22,26)(H,24,27)/t15-,19-/m1/s1. The molecular weight excluding hydrogens is 340 g/mol. The minimum absolute atomic E-state index is 0.0375. The van der Waals surface area contributed by atoms with Crippen molar-refractivity contribution in [1.29, 1.82) is 0 Å². The van der Waals surface area contributed by atoms with Crippen molar-refractivity contribution in [3.63, 3.8) is 0 Å². The van der Waals surface area contributed by atoms with Crippen molar-refractivity contribution in [3.8, 4) is 0 Å². The molecule has 1 aliphatic heterocycles. The minimum atomic E-state index is -0.230. The van der Waals surface area contributed by atoms with E-state index >= 15 is 0 Å². The Hall–Kier alpha value is -2.08. The lowest BCUT2D eigenvalue weighted by Crippen LogP contribution is -2.43. The molecule has 0 spiro atoms. The molecule has 2 atom stereocenters. The molecule has 1 aromatic carbocycles. The van der Waals surface area contributed by atoms with Crippen molar-refractivity contribution in [2.24, 2.45) is 5.92 Å². The van der Waals surface area contributed by atoms with E-state index in [4.69, 9.17) is 0 Å². The second-order valence-electron chi connectivity index (χ2n) is 7.52. The third-order valence-electron chi connectivity index (χ3n) is 5.24. The van der Waals surface area contributed by atoms with E-state index in [1.165, 1.54) is 12.8 Å². The lowest BCUT2D eigenvalue weighted by Gasteiger charge is -2.30. The second-order valence-corrected chi connectivity index (χ2v) is 7.52. The van der Waals surface area contributed by atoms with Crippen LogP contribution < -0.4 is 16.0 Å². The van der Waals surface area contributed by atoms with Crippen LogP contribution >= 0.6 is 0 Å². The SMILES string of the molecule is CCCCN(C)CCCNC(=O)c1ccc2c(c1)NC(=O)[C@@H]([C@H](C)CC)N2. The van der Waals surface area contributed by atoms with Crippen molar-refractivity contribution in [2.45, 2.75) is 52.5 Å². The molecule has 27 heavy (non-hydrogen) atoms. The number of nitrogens with zero attached hydrogens (tertiary/aromatic N) is 1. The lowest BCUT2D eigenvalue weighted by molar-refractivity contribution is -0.118. The first-order chi connectivity index (χ1) is 13.0. The number of carbonyl (C=O) groups excluding carboxylic acids is 2. The maximum Gasteiger partial charge on any atom is 0.251 e. The third kappa shape index (κ3) is 5.96. The maximum atomic E-state index is 12.4. The Balaban J connectivity index is 1.87. The summed E-state index contributed by atoms with van der Waals surface area (Å²) >= 11 is 0. The van der Waals surface area contributed by atoms with Gasteiger partial charge in [-0.2, -0.15) is 0 Å².